The molecule has 2 N–H and O–H groups in total. The van der Waals surface area contributed by atoms with Gasteiger partial charge in [-0.25, -0.2) is 0 Å². The first-order valence-electron chi connectivity index (χ1n) is 4.46. The van der Waals surface area contributed by atoms with Crippen LogP contribution in [0, 0.1) is 0 Å². The van der Waals surface area contributed by atoms with Crippen molar-refractivity contribution in [2.24, 2.45) is 0 Å². The van der Waals surface area contributed by atoms with Crippen molar-refractivity contribution in [3.63, 3.8) is 0 Å². The highest BCUT2D eigenvalue weighted by Crippen LogP contribution is 2.35. The number of aromatic hydroxyl groups is 1. The molecule has 0 atom stereocenters. The lowest BCUT2D eigenvalue weighted by Crippen LogP contribution is -2.10. The first kappa shape index (κ1) is 12.2. The van der Waals surface area contributed by atoms with Gasteiger partial charge in [-0.15, -0.1) is 11.3 Å². The average molecular weight is 289 g/mol. The molecule has 0 aliphatic rings. The van der Waals surface area contributed by atoms with Crippen LogP contribution in [-0.4, -0.2) is 16.0 Å². The Morgan fingerprint density at radius 2 is 2.18 bits per heavy atom. The molecular weight excluding hydrogens is 283 g/mol. The Morgan fingerprint density at radius 1 is 1.41 bits per heavy atom. The Kier molecular flexibility index (Phi) is 3.51. The number of halogens is 2. The number of amides is 1. The van der Waals surface area contributed by atoms with E-state index in [1.807, 2.05) is 0 Å². The van der Waals surface area contributed by atoms with Crippen molar-refractivity contribution in [1.82, 2.24) is 4.98 Å². The number of hydrogen-bond acceptors (Lipinski definition) is 4. The minimum atomic E-state index is -0.374. The highest BCUT2D eigenvalue weighted by molar-refractivity contribution is 7.11. The second-order valence-corrected chi connectivity index (χ2v) is 4.83. The van der Waals surface area contributed by atoms with E-state index in [1.165, 1.54) is 29.7 Å². The molecule has 0 saturated heterocycles. The van der Waals surface area contributed by atoms with E-state index in [0.29, 0.717) is 9.90 Å². The minimum absolute atomic E-state index is 0.0807. The predicted molar refractivity (Wildman–Crippen MR) is 68.2 cm³/mol. The van der Waals surface area contributed by atoms with Crippen molar-refractivity contribution < 1.29 is 9.90 Å². The van der Waals surface area contributed by atoms with Gasteiger partial charge in [0.15, 0.2) is 5.75 Å². The molecule has 0 spiro atoms. The van der Waals surface area contributed by atoms with Gasteiger partial charge in [-0.05, 0) is 12.1 Å². The summed E-state index contributed by atoms with van der Waals surface area (Å²) in [6.07, 6.45) is 1.43. The lowest BCUT2D eigenvalue weighted by atomic mass is 10.3. The molecule has 1 heterocycles. The van der Waals surface area contributed by atoms with Crippen LogP contribution in [0.2, 0.25) is 10.0 Å². The van der Waals surface area contributed by atoms with Gasteiger partial charge in [-0.3, -0.25) is 9.78 Å². The Labute approximate surface area is 111 Å². The van der Waals surface area contributed by atoms with Crippen LogP contribution in [0.3, 0.4) is 0 Å². The fourth-order valence-corrected chi connectivity index (χ4v) is 2.18. The van der Waals surface area contributed by atoms with Crippen molar-refractivity contribution in [1.29, 1.82) is 0 Å². The molecule has 0 unspecified atom stereocenters. The third-order valence-electron chi connectivity index (χ3n) is 1.93. The molecule has 4 nitrogen and oxygen atoms in total. The van der Waals surface area contributed by atoms with Crippen LogP contribution < -0.4 is 5.32 Å². The van der Waals surface area contributed by atoms with Crippen molar-refractivity contribution in [2.75, 3.05) is 5.32 Å². The molecule has 0 aliphatic carbocycles. The van der Waals surface area contributed by atoms with Gasteiger partial charge in [0.1, 0.15) is 4.88 Å². The van der Waals surface area contributed by atoms with Crippen LogP contribution >= 0.6 is 34.5 Å². The monoisotopic (exact) mass is 288 g/mol. The number of aromatic nitrogens is 1. The summed E-state index contributed by atoms with van der Waals surface area (Å²) < 4.78 is 0. The van der Waals surface area contributed by atoms with Crippen LogP contribution in [0.25, 0.3) is 0 Å². The number of nitrogens with one attached hydrogen (secondary N) is 1. The number of rotatable bonds is 2. The van der Waals surface area contributed by atoms with Crippen molar-refractivity contribution in [3.8, 4) is 5.75 Å². The summed E-state index contributed by atoms with van der Waals surface area (Å²) in [7, 11) is 0. The van der Waals surface area contributed by atoms with E-state index in [1.54, 1.807) is 5.51 Å². The van der Waals surface area contributed by atoms with E-state index < -0.39 is 0 Å². The fourth-order valence-electron chi connectivity index (χ4n) is 1.17. The van der Waals surface area contributed by atoms with Crippen LogP contribution in [0.5, 0.6) is 5.75 Å². The lowest BCUT2D eigenvalue weighted by molar-refractivity contribution is 0.103. The van der Waals surface area contributed by atoms with Crippen LogP contribution in [-0.2, 0) is 0 Å². The summed E-state index contributed by atoms with van der Waals surface area (Å²) in [6.45, 7) is 0. The molecular formula is C10H6Cl2N2O2S. The molecule has 1 aromatic heterocycles. The first-order valence-corrected chi connectivity index (χ1v) is 6.09. The SMILES string of the molecule is O=C(Nc1cc(Cl)cc(Cl)c1O)c1cncs1. The molecule has 2 aromatic rings. The van der Waals surface area contributed by atoms with E-state index in [9.17, 15) is 9.90 Å². The zero-order valence-corrected chi connectivity index (χ0v) is 10.6. The van der Waals surface area contributed by atoms with E-state index >= 15 is 0 Å². The molecule has 2 rings (SSSR count). The maximum Gasteiger partial charge on any atom is 0.267 e. The zero-order valence-electron chi connectivity index (χ0n) is 8.28. The largest absolute Gasteiger partial charge is 0.504 e. The Balaban J connectivity index is 2.28. The Morgan fingerprint density at radius 3 is 2.82 bits per heavy atom. The summed E-state index contributed by atoms with van der Waals surface area (Å²) in [4.78, 5) is 15.9. The fraction of sp³-hybridized carbons (Fsp3) is 0. The predicted octanol–water partition coefficient (Wildman–Crippen LogP) is 3.41. The number of benzene rings is 1. The van der Waals surface area contributed by atoms with Gasteiger partial charge in [-0.1, -0.05) is 23.2 Å². The summed E-state index contributed by atoms with van der Waals surface area (Å²) in [6, 6.07) is 2.81. The van der Waals surface area contributed by atoms with Gasteiger partial charge in [0, 0.05) is 5.02 Å². The number of thiazole rings is 1. The third-order valence-corrected chi connectivity index (χ3v) is 3.21. The number of carbonyl (C=O) groups excluding carboxylic acids is 1. The molecule has 0 bridgehead atoms. The maximum atomic E-state index is 11.7. The van der Waals surface area contributed by atoms with E-state index in [-0.39, 0.29) is 22.4 Å². The van der Waals surface area contributed by atoms with E-state index in [2.05, 4.69) is 10.3 Å². The molecule has 0 radical (unpaired) electrons. The number of hydrogen-bond donors (Lipinski definition) is 2. The van der Waals surface area contributed by atoms with Gasteiger partial charge in [0.05, 0.1) is 22.4 Å². The van der Waals surface area contributed by atoms with E-state index in [4.69, 9.17) is 23.2 Å². The van der Waals surface area contributed by atoms with Gasteiger partial charge >= 0.3 is 0 Å². The maximum absolute atomic E-state index is 11.7. The molecule has 0 saturated carbocycles. The lowest BCUT2D eigenvalue weighted by Gasteiger charge is -2.07. The number of anilines is 1. The second kappa shape index (κ2) is 4.91. The highest BCUT2D eigenvalue weighted by atomic mass is 35.5. The number of nitrogens with zero attached hydrogens (tertiary/aromatic N) is 1. The highest BCUT2D eigenvalue weighted by Gasteiger charge is 2.13. The molecule has 88 valence electrons. The standard InChI is InChI=1S/C10H6Cl2N2O2S/c11-5-1-6(12)9(15)7(2-5)14-10(16)8-3-13-4-17-8/h1-4,15H,(H,14,16). The summed E-state index contributed by atoms with van der Waals surface area (Å²) in [5.74, 6) is -0.588. The quantitative estimate of drug-likeness (QED) is 0.833. The minimum Gasteiger partial charge on any atom is -0.504 e. The molecule has 7 heteroatoms. The van der Waals surface area contributed by atoms with Crippen molar-refractivity contribution >= 4 is 46.1 Å². The van der Waals surface area contributed by atoms with Gasteiger partial charge in [0.25, 0.3) is 5.91 Å². The van der Waals surface area contributed by atoms with Crippen LogP contribution in [0.4, 0.5) is 5.69 Å². The van der Waals surface area contributed by atoms with Gasteiger partial charge in [0.2, 0.25) is 0 Å². The summed E-state index contributed by atoms with van der Waals surface area (Å²) in [5, 5.41) is 12.6. The topological polar surface area (TPSA) is 62.2 Å². The van der Waals surface area contributed by atoms with Gasteiger partial charge in [-0.2, -0.15) is 0 Å². The number of carbonyl (C=O) groups is 1. The summed E-state index contributed by atoms with van der Waals surface area (Å²) >= 11 is 12.7. The molecule has 0 fully saturated rings. The normalized spacial score (nSPS) is 10.2. The third kappa shape index (κ3) is 2.69. The number of phenolic OH excluding ortho intramolecular Hbond substituents is 1. The molecule has 17 heavy (non-hydrogen) atoms. The van der Waals surface area contributed by atoms with Crippen LogP contribution in [0.15, 0.2) is 23.8 Å². The first-order chi connectivity index (χ1) is 8.08. The van der Waals surface area contributed by atoms with Crippen molar-refractivity contribution in [2.45, 2.75) is 0 Å². The molecule has 1 amide bonds. The Hall–Kier alpha value is -1.30. The molecule has 0 aliphatic heterocycles. The second-order valence-electron chi connectivity index (χ2n) is 3.10. The van der Waals surface area contributed by atoms with E-state index in [0.717, 1.165) is 0 Å². The zero-order chi connectivity index (χ0) is 12.4. The van der Waals surface area contributed by atoms with Crippen molar-refractivity contribution in [3.05, 3.63) is 38.8 Å². The smallest absolute Gasteiger partial charge is 0.267 e. The average Bonchev–Trinajstić information content (AvgIpc) is 2.78. The van der Waals surface area contributed by atoms with Crippen LogP contribution in [0.1, 0.15) is 9.67 Å². The summed E-state index contributed by atoms with van der Waals surface area (Å²) in [5.41, 5.74) is 1.71. The number of phenols is 1. The Bertz CT molecular complexity index is 558. The molecule has 1 aromatic carbocycles. The van der Waals surface area contributed by atoms with Gasteiger partial charge < -0.3 is 10.4 Å².